The highest BCUT2D eigenvalue weighted by molar-refractivity contribution is 14.1. The lowest BCUT2D eigenvalue weighted by atomic mass is 10.1. The smallest absolute Gasteiger partial charge is 0.294 e. The van der Waals surface area contributed by atoms with Crippen LogP contribution in [0.15, 0.2) is 50.3 Å². The molecule has 3 N–H and O–H groups in total. The number of hydrazone groups is 1. The van der Waals surface area contributed by atoms with Crippen LogP contribution < -0.4 is 11.2 Å². The Balaban J connectivity index is 1.67. The van der Waals surface area contributed by atoms with Gasteiger partial charge in [0.05, 0.1) is 13.3 Å². The van der Waals surface area contributed by atoms with Crippen molar-refractivity contribution in [3.05, 3.63) is 50.5 Å². The number of carbonyl (C=O) groups is 1. The zero-order chi connectivity index (χ0) is 21.1. The predicted molar refractivity (Wildman–Crippen MR) is 123 cm³/mol. The molecule has 3 aromatic heterocycles. The van der Waals surface area contributed by atoms with E-state index >= 15 is 0 Å². The molecular formula is C17H13IN8O2S2. The molecule has 152 valence electrons. The van der Waals surface area contributed by atoms with Crippen LogP contribution >= 0.6 is 45.7 Å². The first-order valence-corrected chi connectivity index (χ1v) is 11.5. The number of nitrogen functional groups attached to an aromatic ring is 1. The summed E-state index contributed by atoms with van der Waals surface area (Å²) in [6.45, 7) is 0. The summed E-state index contributed by atoms with van der Waals surface area (Å²) in [6, 6.07) is 11.2. The molecule has 0 atom stereocenters. The third-order valence-corrected chi connectivity index (χ3v) is 6.94. The van der Waals surface area contributed by atoms with E-state index in [1.807, 2.05) is 42.7 Å². The minimum Gasteiger partial charge on any atom is -0.378 e. The SMILES string of the molecule is CSc1sc(I)cc1/C=N/NC(=O)c1nnn(-c2nonc2N)c1-c1ccccc1. The van der Waals surface area contributed by atoms with Crippen LogP contribution in [-0.2, 0) is 0 Å². The first-order valence-electron chi connectivity index (χ1n) is 8.34. The highest BCUT2D eigenvalue weighted by atomic mass is 127. The predicted octanol–water partition coefficient (Wildman–Crippen LogP) is 3.05. The van der Waals surface area contributed by atoms with Gasteiger partial charge in [0.15, 0.2) is 5.69 Å². The maximum Gasteiger partial charge on any atom is 0.294 e. The fourth-order valence-corrected chi connectivity index (χ4v) is 5.58. The van der Waals surface area contributed by atoms with Crippen LogP contribution in [0.5, 0.6) is 0 Å². The molecule has 0 aliphatic rings. The van der Waals surface area contributed by atoms with Crippen molar-refractivity contribution < 1.29 is 9.42 Å². The quantitative estimate of drug-likeness (QED) is 0.161. The van der Waals surface area contributed by atoms with Crippen LogP contribution in [0, 0.1) is 2.88 Å². The molecule has 0 spiro atoms. The molecule has 3 heterocycles. The molecule has 10 nitrogen and oxygen atoms in total. The van der Waals surface area contributed by atoms with Crippen LogP contribution in [0.4, 0.5) is 5.82 Å². The van der Waals surface area contributed by atoms with Crippen LogP contribution in [0.25, 0.3) is 17.1 Å². The molecule has 0 saturated carbocycles. The summed E-state index contributed by atoms with van der Waals surface area (Å²) < 4.78 is 8.22. The van der Waals surface area contributed by atoms with Gasteiger partial charge in [-0.1, -0.05) is 35.5 Å². The second-order valence-electron chi connectivity index (χ2n) is 5.73. The van der Waals surface area contributed by atoms with Crippen LogP contribution in [0.2, 0.25) is 0 Å². The third-order valence-electron chi connectivity index (χ3n) is 3.88. The maximum atomic E-state index is 12.8. The van der Waals surface area contributed by atoms with Crippen LogP contribution in [0.3, 0.4) is 0 Å². The van der Waals surface area contributed by atoms with Gasteiger partial charge in [-0.3, -0.25) is 4.79 Å². The monoisotopic (exact) mass is 552 g/mol. The van der Waals surface area contributed by atoms with Crippen molar-refractivity contribution in [2.75, 3.05) is 12.0 Å². The summed E-state index contributed by atoms with van der Waals surface area (Å²) in [5.74, 6) is -0.359. The average molecular weight is 552 g/mol. The van der Waals surface area contributed by atoms with Gasteiger partial charge in [0, 0.05) is 11.1 Å². The second kappa shape index (κ2) is 8.93. The number of thiophene rings is 1. The number of benzene rings is 1. The summed E-state index contributed by atoms with van der Waals surface area (Å²) in [4.78, 5) is 12.8. The first kappa shape index (κ1) is 20.5. The van der Waals surface area contributed by atoms with E-state index in [1.165, 1.54) is 4.68 Å². The number of amides is 1. The minimum absolute atomic E-state index is 0.0266. The van der Waals surface area contributed by atoms with Crippen molar-refractivity contribution in [2.45, 2.75) is 4.21 Å². The van der Waals surface area contributed by atoms with Crippen molar-refractivity contribution in [3.63, 3.8) is 0 Å². The van der Waals surface area contributed by atoms with Gasteiger partial charge in [0.2, 0.25) is 11.6 Å². The topological polar surface area (TPSA) is 137 Å². The number of nitrogens with zero attached hydrogens (tertiary/aromatic N) is 6. The Labute approximate surface area is 192 Å². The van der Waals surface area contributed by atoms with Crippen molar-refractivity contribution in [1.29, 1.82) is 0 Å². The highest BCUT2D eigenvalue weighted by Gasteiger charge is 2.25. The van der Waals surface area contributed by atoms with Crippen molar-refractivity contribution in [2.24, 2.45) is 5.10 Å². The molecule has 4 rings (SSSR count). The number of halogens is 1. The number of hydrogen-bond acceptors (Lipinski definition) is 10. The zero-order valence-corrected chi connectivity index (χ0v) is 19.1. The average Bonchev–Trinajstić information content (AvgIpc) is 3.46. The molecule has 13 heteroatoms. The normalized spacial score (nSPS) is 11.3. The number of nitrogens with one attached hydrogen (secondary N) is 1. The van der Waals surface area contributed by atoms with E-state index in [0.29, 0.717) is 11.3 Å². The molecule has 30 heavy (non-hydrogen) atoms. The summed E-state index contributed by atoms with van der Waals surface area (Å²) in [5, 5.41) is 19.4. The lowest BCUT2D eigenvalue weighted by Crippen LogP contribution is -2.19. The number of carbonyl (C=O) groups excluding carboxylic acids is 1. The molecule has 0 saturated heterocycles. The van der Waals surface area contributed by atoms with E-state index in [9.17, 15) is 4.79 Å². The Kier molecular flexibility index (Phi) is 6.10. The number of nitrogens with two attached hydrogens (primary N) is 1. The largest absolute Gasteiger partial charge is 0.378 e. The van der Waals surface area contributed by atoms with Gasteiger partial charge in [-0.2, -0.15) is 9.78 Å². The lowest BCUT2D eigenvalue weighted by molar-refractivity contribution is 0.0950. The second-order valence-corrected chi connectivity index (χ2v) is 9.76. The number of anilines is 1. The van der Waals surface area contributed by atoms with E-state index in [1.54, 1.807) is 29.3 Å². The zero-order valence-electron chi connectivity index (χ0n) is 15.3. The Morgan fingerprint density at radius 3 is 2.87 bits per heavy atom. The van der Waals surface area contributed by atoms with Gasteiger partial charge in [-0.25, -0.2) is 10.1 Å². The van der Waals surface area contributed by atoms with Gasteiger partial charge >= 0.3 is 0 Å². The van der Waals surface area contributed by atoms with Crippen molar-refractivity contribution >= 4 is 63.6 Å². The standard InChI is InChI=1S/C17H13IN8O2S2/c1-29-17-10(7-11(18)30-17)8-20-22-16(27)12-13(9-5-3-2-4-6-9)26(25-21-12)15-14(19)23-28-24-15/h2-8H,1H3,(H2,19,23)(H,22,27)/b20-8+. The summed E-state index contributed by atoms with van der Waals surface area (Å²) in [6.07, 6.45) is 3.60. The Morgan fingerprint density at radius 2 is 2.17 bits per heavy atom. The number of thioether (sulfide) groups is 1. The molecule has 4 aromatic rings. The molecule has 1 amide bonds. The maximum absolute atomic E-state index is 12.8. The van der Waals surface area contributed by atoms with E-state index < -0.39 is 5.91 Å². The van der Waals surface area contributed by atoms with Gasteiger partial charge in [-0.05, 0) is 45.2 Å². The fraction of sp³-hybridized carbons (Fsp3) is 0.0588. The number of aromatic nitrogens is 5. The lowest BCUT2D eigenvalue weighted by Gasteiger charge is -2.05. The fourth-order valence-electron chi connectivity index (χ4n) is 2.60. The van der Waals surface area contributed by atoms with Crippen molar-refractivity contribution in [1.82, 2.24) is 30.7 Å². The molecule has 0 radical (unpaired) electrons. The number of hydrogen-bond donors (Lipinski definition) is 2. The number of rotatable bonds is 6. The van der Waals surface area contributed by atoms with E-state index in [0.717, 1.165) is 12.7 Å². The van der Waals surface area contributed by atoms with Crippen LogP contribution in [0.1, 0.15) is 16.1 Å². The van der Waals surface area contributed by atoms with Gasteiger partial charge < -0.3 is 5.73 Å². The third kappa shape index (κ3) is 4.08. The van der Waals surface area contributed by atoms with E-state index in [4.69, 9.17) is 5.73 Å². The molecule has 1 aromatic carbocycles. The van der Waals surface area contributed by atoms with E-state index in [2.05, 4.69) is 58.4 Å². The van der Waals surface area contributed by atoms with Gasteiger partial charge in [0.25, 0.3) is 5.91 Å². The molecule has 0 bridgehead atoms. The molecule has 0 aliphatic heterocycles. The van der Waals surface area contributed by atoms with Gasteiger partial charge in [-0.15, -0.1) is 28.2 Å². The molecule has 0 fully saturated rings. The molecule has 0 aliphatic carbocycles. The van der Waals surface area contributed by atoms with Crippen LogP contribution in [-0.4, -0.2) is 43.7 Å². The molecular weight excluding hydrogens is 539 g/mol. The first-order chi connectivity index (χ1) is 14.6. The van der Waals surface area contributed by atoms with Crippen molar-refractivity contribution in [3.8, 4) is 17.1 Å². The Bertz CT molecular complexity index is 1220. The summed E-state index contributed by atoms with van der Waals surface area (Å²) >= 11 is 5.54. The molecule has 0 unspecified atom stereocenters. The Hall–Kier alpha value is -2.78. The minimum atomic E-state index is -0.526. The van der Waals surface area contributed by atoms with Gasteiger partial charge in [0.1, 0.15) is 5.69 Å². The highest BCUT2D eigenvalue weighted by Crippen LogP contribution is 2.30. The Morgan fingerprint density at radius 1 is 1.37 bits per heavy atom. The summed E-state index contributed by atoms with van der Waals surface area (Å²) in [5.41, 5.74) is 10.4. The van der Waals surface area contributed by atoms with E-state index in [-0.39, 0.29) is 17.3 Å². The summed E-state index contributed by atoms with van der Waals surface area (Å²) in [7, 11) is 0.